The SMILES string of the molecule is C=CC.C=CC/C(C=C)=C\CC.CC.CC. The fourth-order valence-electron chi connectivity index (χ4n) is 0.679. The van der Waals surface area contributed by atoms with Gasteiger partial charge in [0.1, 0.15) is 0 Å². The van der Waals surface area contributed by atoms with Crippen LogP contribution in [0.1, 0.15) is 54.4 Å². The Balaban J connectivity index is -0.0000000864. The highest BCUT2D eigenvalue weighted by atomic mass is 13.9. The van der Waals surface area contributed by atoms with Gasteiger partial charge in [-0.2, -0.15) is 0 Å². The average molecular weight is 224 g/mol. The molecule has 0 saturated carbocycles. The minimum atomic E-state index is 0.942. The second kappa shape index (κ2) is 37.0. The first-order chi connectivity index (χ1) is 7.76. The summed E-state index contributed by atoms with van der Waals surface area (Å²) in [5, 5.41) is 0. The van der Waals surface area contributed by atoms with Gasteiger partial charge in [-0.1, -0.05) is 65.5 Å². The Hall–Kier alpha value is -1.04. The molecule has 0 spiro atoms. The Labute approximate surface area is 104 Å². The molecule has 0 N–H and O–H groups in total. The summed E-state index contributed by atoms with van der Waals surface area (Å²) in [5.74, 6) is 0. The van der Waals surface area contributed by atoms with E-state index in [0.29, 0.717) is 0 Å². The first-order valence-corrected chi connectivity index (χ1v) is 6.26. The van der Waals surface area contributed by atoms with Crippen LogP contribution >= 0.6 is 0 Å². The first kappa shape index (κ1) is 24.3. The Morgan fingerprint density at radius 1 is 1.00 bits per heavy atom. The number of allylic oxidation sites excluding steroid dienone is 5. The molecule has 0 aliphatic heterocycles. The van der Waals surface area contributed by atoms with Gasteiger partial charge in [-0.3, -0.25) is 0 Å². The van der Waals surface area contributed by atoms with E-state index in [4.69, 9.17) is 0 Å². The van der Waals surface area contributed by atoms with E-state index in [0.717, 1.165) is 12.8 Å². The van der Waals surface area contributed by atoms with Gasteiger partial charge in [-0.15, -0.1) is 13.2 Å². The maximum Gasteiger partial charge on any atom is -0.0104 e. The zero-order valence-corrected chi connectivity index (χ0v) is 12.3. The van der Waals surface area contributed by atoms with Crippen molar-refractivity contribution < 1.29 is 0 Å². The molecule has 0 nitrogen and oxygen atoms in total. The van der Waals surface area contributed by atoms with Gasteiger partial charge in [0, 0.05) is 0 Å². The lowest BCUT2D eigenvalue weighted by Crippen LogP contribution is -1.72. The van der Waals surface area contributed by atoms with Crippen LogP contribution in [0.25, 0.3) is 0 Å². The number of hydrogen-bond donors (Lipinski definition) is 0. The molecular formula is C16H32. The maximum atomic E-state index is 3.68. The molecule has 0 atom stereocenters. The highest BCUT2D eigenvalue weighted by Crippen LogP contribution is 2.03. The lowest BCUT2D eigenvalue weighted by atomic mass is 10.1. The predicted octanol–water partition coefficient (Wildman–Crippen LogP) is 6.33. The molecule has 0 amide bonds. The maximum absolute atomic E-state index is 3.68. The Morgan fingerprint density at radius 2 is 1.38 bits per heavy atom. The van der Waals surface area contributed by atoms with Crippen molar-refractivity contribution in [3.63, 3.8) is 0 Å². The molecule has 0 heterocycles. The molecule has 0 radical (unpaired) electrons. The standard InChI is InChI=1S/C9H14.C3H6.2C2H6/c1-4-7-9(6-3)8-5-2;1-3-2;2*1-2/h4,6,8H,1,3,5,7H2,2H3;3H,1H2,2H3;2*1-2H3/b9-8-;;;. The van der Waals surface area contributed by atoms with E-state index in [9.17, 15) is 0 Å². The topological polar surface area (TPSA) is 0 Å². The van der Waals surface area contributed by atoms with Crippen LogP contribution in [0.3, 0.4) is 0 Å². The average Bonchev–Trinajstić information content (AvgIpc) is 2.35. The van der Waals surface area contributed by atoms with E-state index in [-0.39, 0.29) is 0 Å². The Bertz CT molecular complexity index is 149. The van der Waals surface area contributed by atoms with E-state index < -0.39 is 0 Å². The molecule has 0 saturated heterocycles. The summed E-state index contributed by atoms with van der Waals surface area (Å²) in [6.07, 6.45) is 9.70. The monoisotopic (exact) mass is 224 g/mol. The van der Waals surface area contributed by atoms with Crippen molar-refractivity contribution in [1.29, 1.82) is 0 Å². The molecule has 0 heteroatoms. The smallest absolute Gasteiger partial charge is 0.0104 e. The summed E-state index contributed by atoms with van der Waals surface area (Å²) in [4.78, 5) is 0. The van der Waals surface area contributed by atoms with E-state index in [2.05, 4.69) is 32.7 Å². The summed E-state index contributed by atoms with van der Waals surface area (Å²) in [6, 6.07) is 0. The van der Waals surface area contributed by atoms with Crippen LogP contribution in [0.4, 0.5) is 0 Å². The van der Waals surface area contributed by atoms with Crippen molar-refractivity contribution >= 4 is 0 Å². The van der Waals surface area contributed by atoms with Crippen molar-refractivity contribution in [1.82, 2.24) is 0 Å². The summed E-state index contributed by atoms with van der Waals surface area (Å²) >= 11 is 0. The van der Waals surface area contributed by atoms with Crippen LogP contribution in [-0.2, 0) is 0 Å². The zero-order chi connectivity index (χ0) is 13.8. The molecule has 0 aromatic rings. The largest absolute Gasteiger partial charge is 0.103 e. The Kier molecular flexibility index (Phi) is 56.1. The predicted molar refractivity (Wildman–Crippen MR) is 82.0 cm³/mol. The van der Waals surface area contributed by atoms with Gasteiger partial charge in [0.2, 0.25) is 0 Å². The van der Waals surface area contributed by atoms with E-state index in [1.165, 1.54) is 5.57 Å². The fourth-order valence-corrected chi connectivity index (χ4v) is 0.679. The van der Waals surface area contributed by atoms with Gasteiger partial charge in [0.15, 0.2) is 0 Å². The second-order valence-electron chi connectivity index (χ2n) is 2.29. The van der Waals surface area contributed by atoms with Crippen molar-refractivity contribution in [2.24, 2.45) is 0 Å². The number of rotatable bonds is 4. The van der Waals surface area contributed by atoms with E-state index in [1.54, 1.807) is 6.08 Å². The summed E-state index contributed by atoms with van der Waals surface area (Å²) < 4.78 is 0. The minimum Gasteiger partial charge on any atom is -0.103 e. The lowest BCUT2D eigenvalue weighted by Gasteiger charge is -1.92. The third-order valence-corrected chi connectivity index (χ3v) is 1.11. The summed E-state index contributed by atoms with van der Waals surface area (Å²) in [6.45, 7) is 22.7. The molecule has 96 valence electrons. The van der Waals surface area contributed by atoms with Crippen LogP contribution in [0.5, 0.6) is 0 Å². The first-order valence-electron chi connectivity index (χ1n) is 6.26. The van der Waals surface area contributed by atoms with Crippen LogP contribution < -0.4 is 0 Å². The highest BCUT2D eigenvalue weighted by Gasteiger charge is 1.82. The van der Waals surface area contributed by atoms with E-state index >= 15 is 0 Å². The van der Waals surface area contributed by atoms with Crippen LogP contribution in [-0.4, -0.2) is 0 Å². The molecular weight excluding hydrogens is 192 g/mol. The third-order valence-electron chi connectivity index (χ3n) is 1.11. The second-order valence-corrected chi connectivity index (χ2v) is 2.29. The summed E-state index contributed by atoms with van der Waals surface area (Å²) in [5.41, 5.74) is 1.27. The van der Waals surface area contributed by atoms with Crippen molar-refractivity contribution in [2.45, 2.75) is 54.4 Å². The van der Waals surface area contributed by atoms with Crippen molar-refractivity contribution in [3.05, 3.63) is 49.6 Å². The molecule has 0 aromatic heterocycles. The van der Waals surface area contributed by atoms with Gasteiger partial charge in [0.25, 0.3) is 0 Å². The van der Waals surface area contributed by atoms with Gasteiger partial charge in [-0.05, 0) is 25.3 Å². The molecule has 0 aromatic carbocycles. The molecule has 0 unspecified atom stereocenters. The van der Waals surface area contributed by atoms with Gasteiger partial charge < -0.3 is 0 Å². The van der Waals surface area contributed by atoms with Crippen LogP contribution in [0.2, 0.25) is 0 Å². The van der Waals surface area contributed by atoms with Crippen LogP contribution in [0.15, 0.2) is 49.6 Å². The third kappa shape index (κ3) is 38.3. The molecule has 0 rings (SSSR count). The summed E-state index contributed by atoms with van der Waals surface area (Å²) in [7, 11) is 0. The Morgan fingerprint density at radius 3 is 1.56 bits per heavy atom. The highest BCUT2D eigenvalue weighted by molar-refractivity contribution is 5.18. The molecule has 0 fully saturated rings. The van der Waals surface area contributed by atoms with Gasteiger partial charge in [-0.25, -0.2) is 0 Å². The lowest BCUT2D eigenvalue weighted by molar-refractivity contribution is 1.16. The molecule has 0 aliphatic carbocycles. The van der Waals surface area contributed by atoms with E-state index in [1.807, 2.05) is 46.8 Å². The minimum absolute atomic E-state index is 0.942. The number of hydrogen-bond acceptors (Lipinski definition) is 0. The fraction of sp³-hybridized carbons (Fsp3) is 0.500. The molecule has 0 aliphatic rings. The quantitative estimate of drug-likeness (QED) is 0.386. The molecule has 16 heavy (non-hydrogen) atoms. The van der Waals surface area contributed by atoms with Crippen molar-refractivity contribution in [3.8, 4) is 0 Å². The van der Waals surface area contributed by atoms with Gasteiger partial charge >= 0.3 is 0 Å². The normalized spacial score (nSPS) is 7.75. The zero-order valence-electron chi connectivity index (χ0n) is 12.3. The van der Waals surface area contributed by atoms with Crippen molar-refractivity contribution in [2.75, 3.05) is 0 Å². The van der Waals surface area contributed by atoms with Gasteiger partial charge in [0.05, 0.1) is 0 Å². The molecule has 0 bridgehead atoms. The van der Waals surface area contributed by atoms with Crippen LogP contribution in [0, 0.1) is 0 Å².